The molecule has 6 heteroatoms. The molecule has 0 aromatic heterocycles. The number of phenols is 2. The molecule has 0 spiro atoms. The molecule has 2 aromatic rings. The first-order chi connectivity index (χ1) is 11.4. The Labute approximate surface area is 137 Å². The minimum atomic E-state index is -1.16. The van der Waals surface area contributed by atoms with Crippen LogP contribution in [0.4, 0.5) is 0 Å². The van der Waals surface area contributed by atoms with Crippen LogP contribution in [0.2, 0.25) is 0 Å². The molecule has 3 rings (SSSR count). The number of hydrogen-bond acceptors (Lipinski definition) is 4. The summed E-state index contributed by atoms with van der Waals surface area (Å²) in [5.74, 6) is -5.34. The molecule has 124 valence electrons. The zero-order valence-electron chi connectivity index (χ0n) is 12.5. The van der Waals surface area contributed by atoms with Gasteiger partial charge in [0.1, 0.15) is 11.5 Å². The van der Waals surface area contributed by atoms with Crippen LogP contribution in [-0.4, -0.2) is 32.4 Å². The molecule has 1 aliphatic carbocycles. The van der Waals surface area contributed by atoms with Crippen LogP contribution in [0.1, 0.15) is 23.0 Å². The highest BCUT2D eigenvalue weighted by atomic mass is 16.4. The van der Waals surface area contributed by atoms with E-state index < -0.39 is 35.6 Å². The molecular formula is C18H16O6. The highest BCUT2D eigenvalue weighted by Gasteiger charge is 2.58. The van der Waals surface area contributed by atoms with E-state index in [1.807, 2.05) is 0 Å². The van der Waals surface area contributed by atoms with Crippen molar-refractivity contribution in [2.45, 2.75) is 11.8 Å². The zero-order chi connectivity index (χ0) is 17.4. The summed E-state index contributed by atoms with van der Waals surface area (Å²) in [5, 5.41) is 37.8. The van der Waals surface area contributed by atoms with E-state index >= 15 is 0 Å². The van der Waals surface area contributed by atoms with Gasteiger partial charge < -0.3 is 20.4 Å². The molecule has 2 aromatic carbocycles. The lowest BCUT2D eigenvalue weighted by Gasteiger charge is -2.48. The van der Waals surface area contributed by atoms with Crippen LogP contribution in [0.15, 0.2) is 48.5 Å². The van der Waals surface area contributed by atoms with Crippen LogP contribution in [0.25, 0.3) is 0 Å². The van der Waals surface area contributed by atoms with Crippen LogP contribution in [0, 0.1) is 11.8 Å². The van der Waals surface area contributed by atoms with Gasteiger partial charge in [-0.25, -0.2) is 0 Å². The van der Waals surface area contributed by atoms with Gasteiger partial charge >= 0.3 is 11.9 Å². The summed E-state index contributed by atoms with van der Waals surface area (Å²) in [6.07, 6.45) is 0. The fraction of sp³-hybridized carbons (Fsp3) is 0.222. The molecule has 0 amide bonds. The molecule has 6 nitrogen and oxygen atoms in total. The van der Waals surface area contributed by atoms with Crippen molar-refractivity contribution in [3.05, 3.63) is 59.7 Å². The van der Waals surface area contributed by atoms with Gasteiger partial charge in [0.15, 0.2) is 0 Å². The molecule has 24 heavy (non-hydrogen) atoms. The number of rotatable bonds is 4. The number of aliphatic carboxylic acids is 2. The number of carboxylic acid groups (broad SMARTS) is 2. The predicted octanol–water partition coefficient (Wildman–Crippen LogP) is 2.38. The van der Waals surface area contributed by atoms with Crippen molar-refractivity contribution >= 4 is 11.9 Å². The fourth-order valence-corrected chi connectivity index (χ4v) is 3.58. The predicted molar refractivity (Wildman–Crippen MR) is 83.9 cm³/mol. The molecule has 1 saturated carbocycles. The van der Waals surface area contributed by atoms with Gasteiger partial charge in [0.2, 0.25) is 0 Å². The summed E-state index contributed by atoms with van der Waals surface area (Å²) in [6.45, 7) is 0. The molecule has 0 saturated heterocycles. The second-order valence-corrected chi connectivity index (χ2v) is 5.96. The smallest absolute Gasteiger partial charge is 0.308 e. The molecular weight excluding hydrogens is 312 g/mol. The summed E-state index contributed by atoms with van der Waals surface area (Å²) in [7, 11) is 0. The van der Waals surface area contributed by atoms with Crippen LogP contribution >= 0.6 is 0 Å². The number of carbonyl (C=O) groups is 2. The molecule has 0 bridgehead atoms. The van der Waals surface area contributed by atoms with E-state index in [-0.39, 0.29) is 11.5 Å². The van der Waals surface area contributed by atoms with Gasteiger partial charge in [-0.3, -0.25) is 9.59 Å². The Bertz CT molecular complexity index is 698. The number of carboxylic acids is 2. The Morgan fingerprint density at radius 3 is 1.17 bits per heavy atom. The molecule has 0 radical (unpaired) electrons. The van der Waals surface area contributed by atoms with E-state index in [0.717, 1.165) is 0 Å². The normalized spacial score (nSPS) is 25.7. The van der Waals surface area contributed by atoms with E-state index in [4.69, 9.17) is 0 Å². The summed E-state index contributed by atoms with van der Waals surface area (Å²) in [4.78, 5) is 23.3. The number of phenolic OH excluding ortho intramolecular Hbond substituents is 2. The molecule has 4 atom stereocenters. The van der Waals surface area contributed by atoms with E-state index in [1.165, 1.54) is 24.3 Å². The van der Waals surface area contributed by atoms with Gasteiger partial charge in [-0.2, -0.15) is 0 Å². The number of hydrogen-bond donors (Lipinski definition) is 4. The lowest BCUT2D eigenvalue weighted by molar-refractivity contribution is -0.164. The Balaban J connectivity index is 2.06. The first-order valence-electron chi connectivity index (χ1n) is 7.43. The van der Waals surface area contributed by atoms with Gasteiger partial charge in [-0.1, -0.05) is 24.3 Å². The standard InChI is InChI=1S/C18H16O6/c19-11-5-1-9(2-6-11)13-14(10-3-7-12(20)8-4-10)16(18(23)24)15(13)17(21)22/h1-8,13-16,19-20H,(H,21,22)(H,23,24)/t13-,14-,15-,16-/m0/s1. The van der Waals surface area contributed by atoms with Crippen molar-refractivity contribution < 1.29 is 30.0 Å². The number of benzene rings is 2. The SMILES string of the molecule is O=C(O)[C@@H]1[C@@H](C(=O)O)[C@@H](c2ccc(O)cc2)[C@@H]1c1ccc(O)cc1. The Morgan fingerprint density at radius 1 is 0.625 bits per heavy atom. The average Bonchev–Trinajstić information content (AvgIpc) is 2.49. The van der Waals surface area contributed by atoms with Crippen LogP contribution in [0.3, 0.4) is 0 Å². The lowest BCUT2D eigenvalue weighted by atomic mass is 9.52. The second-order valence-electron chi connectivity index (χ2n) is 5.96. The highest BCUT2D eigenvalue weighted by molar-refractivity contribution is 5.85. The topological polar surface area (TPSA) is 115 Å². The van der Waals surface area contributed by atoms with Crippen molar-refractivity contribution in [2.75, 3.05) is 0 Å². The monoisotopic (exact) mass is 328 g/mol. The summed E-state index contributed by atoms with van der Waals surface area (Å²) in [6, 6.07) is 12.3. The van der Waals surface area contributed by atoms with Crippen molar-refractivity contribution in [1.82, 2.24) is 0 Å². The average molecular weight is 328 g/mol. The van der Waals surface area contributed by atoms with E-state index in [2.05, 4.69) is 0 Å². The maximum absolute atomic E-state index is 11.6. The fourth-order valence-electron chi connectivity index (χ4n) is 3.58. The quantitative estimate of drug-likeness (QED) is 0.685. The van der Waals surface area contributed by atoms with Crippen LogP contribution in [-0.2, 0) is 9.59 Å². The van der Waals surface area contributed by atoms with E-state index in [0.29, 0.717) is 11.1 Å². The first-order valence-corrected chi connectivity index (χ1v) is 7.43. The molecule has 0 unspecified atom stereocenters. The van der Waals surface area contributed by atoms with E-state index in [1.54, 1.807) is 24.3 Å². The van der Waals surface area contributed by atoms with Crippen molar-refractivity contribution in [2.24, 2.45) is 11.8 Å². The Kier molecular flexibility index (Phi) is 3.89. The zero-order valence-corrected chi connectivity index (χ0v) is 12.5. The van der Waals surface area contributed by atoms with Crippen LogP contribution in [0.5, 0.6) is 11.5 Å². The number of aromatic hydroxyl groups is 2. The maximum atomic E-state index is 11.6. The third kappa shape index (κ3) is 2.56. The minimum Gasteiger partial charge on any atom is -0.508 e. The molecule has 1 fully saturated rings. The van der Waals surface area contributed by atoms with Gasteiger partial charge in [0.05, 0.1) is 11.8 Å². The highest BCUT2D eigenvalue weighted by Crippen LogP contribution is 2.58. The molecule has 4 N–H and O–H groups in total. The van der Waals surface area contributed by atoms with E-state index in [9.17, 15) is 30.0 Å². The van der Waals surface area contributed by atoms with Gasteiger partial charge in [0.25, 0.3) is 0 Å². The van der Waals surface area contributed by atoms with Gasteiger partial charge in [-0.05, 0) is 35.4 Å². The third-order valence-electron chi connectivity index (χ3n) is 4.67. The van der Waals surface area contributed by atoms with Crippen molar-refractivity contribution in [3.8, 4) is 11.5 Å². The summed E-state index contributed by atoms with van der Waals surface area (Å²) >= 11 is 0. The van der Waals surface area contributed by atoms with Crippen molar-refractivity contribution in [3.63, 3.8) is 0 Å². The van der Waals surface area contributed by atoms with Gasteiger partial charge in [0, 0.05) is 11.8 Å². The minimum absolute atomic E-state index is 0.0564. The van der Waals surface area contributed by atoms with Crippen molar-refractivity contribution in [1.29, 1.82) is 0 Å². The maximum Gasteiger partial charge on any atom is 0.308 e. The first kappa shape index (κ1) is 15.9. The largest absolute Gasteiger partial charge is 0.508 e. The summed E-state index contributed by atoms with van der Waals surface area (Å²) in [5.41, 5.74) is 1.33. The molecule has 0 heterocycles. The third-order valence-corrected chi connectivity index (χ3v) is 4.67. The van der Waals surface area contributed by atoms with Crippen LogP contribution < -0.4 is 0 Å². The Morgan fingerprint density at radius 2 is 0.917 bits per heavy atom. The molecule has 0 aliphatic heterocycles. The Hall–Kier alpha value is -3.02. The second kappa shape index (κ2) is 5.88. The summed E-state index contributed by atoms with van der Waals surface area (Å²) < 4.78 is 0. The molecule has 1 aliphatic rings. The lowest BCUT2D eigenvalue weighted by Crippen LogP contribution is -2.51. The van der Waals surface area contributed by atoms with Gasteiger partial charge in [-0.15, -0.1) is 0 Å².